The van der Waals surface area contributed by atoms with E-state index < -0.39 is 5.91 Å². The van der Waals surface area contributed by atoms with E-state index in [1.807, 2.05) is 11.8 Å². The number of hydrogen-bond acceptors (Lipinski definition) is 4. The van der Waals surface area contributed by atoms with Gasteiger partial charge in [0, 0.05) is 31.2 Å². The molecule has 1 saturated heterocycles. The van der Waals surface area contributed by atoms with Gasteiger partial charge in [-0.1, -0.05) is 6.07 Å². The molecule has 0 bridgehead atoms. The Morgan fingerprint density at radius 2 is 2.30 bits per heavy atom. The monoisotopic (exact) mass is 277 g/mol. The Morgan fingerprint density at radius 3 is 3.00 bits per heavy atom. The quantitative estimate of drug-likeness (QED) is 0.810. The Kier molecular flexibility index (Phi) is 4.57. The molecule has 0 spiro atoms. The predicted molar refractivity (Wildman–Crippen MR) is 74.5 cm³/mol. The molecule has 6 heteroatoms. The third kappa shape index (κ3) is 3.71. The minimum absolute atomic E-state index is 0.0251. The Hall–Kier alpha value is -2.08. The second-order valence-corrected chi connectivity index (χ2v) is 4.89. The van der Waals surface area contributed by atoms with E-state index in [-0.39, 0.29) is 12.5 Å². The summed E-state index contributed by atoms with van der Waals surface area (Å²) in [5.74, 6) is -0.0987. The van der Waals surface area contributed by atoms with Crippen molar-refractivity contribution in [1.29, 1.82) is 0 Å². The first-order chi connectivity index (χ1) is 9.56. The molecular formula is C14H19N3O3. The molecule has 0 aliphatic carbocycles. The first kappa shape index (κ1) is 14.3. The van der Waals surface area contributed by atoms with E-state index in [1.165, 1.54) is 0 Å². The maximum Gasteiger partial charge on any atom is 0.255 e. The molecule has 108 valence electrons. The minimum Gasteiger partial charge on any atom is -0.484 e. The van der Waals surface area contributed by atoms with Gasteiger partial charge in [-0.05, 0) is 25.1 Å². The van der Waals surface area contributed by atoms with Crippen LogP contribution in [-0.4, -0.2) is 49.0 Å². The zero-order valence-electron chi connectivity index (χ0n) is 11.5. The summed E-state index contributed by atoms with van der Waals surface area (Å²) in [6, 6.07) is 7.10. The van der Waals surface area contributed by atoms with Crippen LogP contribution in [0.1, 0.15) is 17.3 Å². The van der Waals surface area contributed by atoms with Crippen LogP contribution in [0, 0.1) is 0 Å². The molecule has 1 aliphatic heterocycles. The largest absolute Gasteiger partial charge is 0.484 e. The number of nitrogens with zero attached hydrogens (tertiary/aromatic N) is 1. The lowest BCUT2D eigenvalue weighted by Crippen LogP contribution is -2.51. The van der Waals surface area contributed by atoms with Crippen LogP contribution in [0.4, 0.5) is 0 Å². The van der Waals surface area contributed by atoms with Gasteiger partial charge < -0.3 is 20.7 Å². The summed E-state index contributed by atoms with van der Waals surface area (Å²) in [7, 11) is 0. The molecule has 1 aromatic carbocycles. The van der Waals surface area contributed by atoms with Crippen molar-refractivity contribution in [2.75, 3.05) is 26.2 Å². The molecule has 20 heavy (non-hydrogen) atoms. The first-order valence-corrected chi connectivity index (χ1v) is 6.60. The number of amides is 2. The lowest BCUT2D eigenvalue weighted by molar-refractivity contribution is -0.119. The summed E-state index contributed by atoms with van der Waals surface area (Å²) in [6.07, 6.45) is 0. The molecular weight excluding hydrogens is 258 g/mol. The normalized spacial score (nSPS) is 18.6. The van der Waals surface area contributed by atoms with Crippen molar-refractivity contribution in [3.8, 4) is 5.75 Å². The summed E-state index contributed by atoms with van der Waals surface area (Å²) < 4.78 is 5.21. The highest BCUT2D eigenvalue weighted by Crippen LogP contribution is 2.15. The molecule has 1 aromatic rings. The van der Waals surface area contributed by atoms with E-state index in [2.05, 4.69) is 5.32 Å². The smallest absolute Gasteiger partial charge is 0.255 e. The van der Waals surface area contributed by atoms with Crippen molar-refractivity contribution in [2.45, 2.75) is 13.0 Å². The Morgan fingerprint density at radius 1 is 1.50 bits per heavy atom. The van der Waals surface area contributed by atoms with Gasteiger partial charge in [0.1, 0.15) is 5.75 Å². The second-order valence-electron chi connectivity index (χ2n) is 4.89. The van der Waals surface area contributed by atoms with Gasteiger partial charge in [0.2, 0.25) is 0 Å². The van der Waals surface area contributed by atoms with Crippen LogP contribution in [0.3, 0.4) is 0 Å². The third-order valence-electron chi connectivity index (χ3n) is 3.12. The number of carbonyl (C=O) groups is 2. The zero-order chi connectivity index (χ0) is 14.5. The molecule has 3 N–H and O–H groups in total. The fraction of sp³-hybridized carbons (Fsp3) is 0.429. The van der Waals surface area contributed by atoms with E-state index in [0.717, 1.165) is 6.54 Å². The molecule has 1 unspecified atom stereocenters. The first-order valence-electron chi connectivity index (χ1n) is 6.60. The topological polar surface area (TPSA) is 84.7 Å². The van der Waals surface area contributed by atoms with Gasteiger partial charge in [0.25, 0.3) is 11.8 Å². The molecule has 1 atom stereocenters. The van der Waals surface area contributed by atoms with E-state index in [1.54, 1.807) is 24.3 Å². The number of piperazine rings is 1. The molecule has 0 radical (unpaired) electrons. The van der Waals surface area contributed by atoms with Gasteiger partial charge >= 0.3 is 0 Å². The average Bonchev–Trinajstić information content (AvgIpc) is 2.44. The van der Waals surface area contributed by atoms with Crippen LogP contribution in [0.25, 0.3) is 0 Å². The standard InChI is InChI=1S/C14H19N3O3/c1-10-8-17(6-5-16-10)14(19)11-3-2-4-12(7-11)20-9-13(15)18/h2-4,7,10,16H,5-6,8-9H2,1H3,(H2,15,18). The third-order valence-corrected chi connectivity index (χ3v) is 3.12. The van der Waals surface area contributed by atoms with Gasteiger partial charge in [-0.2, -0.15) is 0 Å². The average molecular weight is 277 g/mol. The van der Waals surface area contributed by atoms with Crippen molar-refractivity contribution in [3.63, 3.8) is 0 Å². The fourth-order valence-electron chi connectivity index (χ4n) is 2.17. The van der Waals surface area contributed by atoms with E-state index in [9.17, 15) is 9.59 Å². The van der Waals surface area contributed by atoms with Crippen LogP contribution in [-0.2, 0) is 4.79 Å². The van der Waals surface area contributed by atoms with Crippen molar-refractivity contribution in [1.82, 2.24) is 10.2 Å². The van der Waals surface area contributed by atoms with Gasteiger partial charge in [0.15, 0.2) is 6.61 Å². The summed E-state index contributed by atoms with van der Waals surface area (Å²) >= 11 is 0. The van der Waals surface area contributed by atoms with E-state index in [4.69, 9.17) is 10.5 Å². The summed E-state index contributed by atoms with van der Waals surface area (Å²) in [6.45, 7) is 4.03. The molecule has 6 nitrogen and oxygen atoms in total. The van der Waals surface area contributed by atoms with Gasteiger partial charge in [-0.3, -0.25) is 9.59 Å². The molecule has 2 amide bonds. The summed E-state index contributed by atoms with van der Waals surface area (Å²) in [5, 5.41) is 3.29. The number of hydrogen-bond donors (Lipinski definition) is 2. The number of rotatable bonds is 4. The van der Waals surface area contributed by atoms with Gasteiger partial charge in [0.05, 0.1) is 0 Å². The SMILES string of the molecule is CC1CN(C(=O)c2cccc(OCC(N)=O)c2)CCN1. The van der Waals surface area contributed by atoms with Crippen molar-refractivity contribution in [2.24, 2.45) is 5.73 Å². The highest BCUT2D eigenvalue weighted by Gasteiger charge is 2.21. The van der Waals surface area contributed by atoms with Crippen LogP contribution in [0.5, 0.6) is 5.75 Å². The minimum atomic E-state index is -0.544. The Bertz CT molecular complexity index is 504. The van der Waals surface area contributed by atoms with E-state index >= 15 is 0 Å². The number of primary amides is 1. The molecule has 0 aromatic heterocycles. The highest BCUT2D eigenvalue weighted by molar-refractivity contribution is 5.94. The lowest BCUT2D eigenvalue weighted by Gasteiger charge is -2.32. The molecule has 0 saturated carbocycles. The Labute approximate surface area is 117 Å². The number of nitrogens with one attached hydrogen (secondary N) is 1. The van der Waals surface area contributed by atoms with Gasteiger partial charge in [-0.25, -0.2) is 0 Å². The Balaban J connectivity index is 2.05. The molecule has 1 fully saturated rings. The summed E-state index contributed by atoms with van der Waals surface area (Å²) in [5.41, 5.74) is 5.58. The van der Waals surface area contributed by atoms with Crippen LogP contribution < -0.4 is 15.8 Å². The zero-order valence-corrected chi connectivity index (χ0v) is 11.5. The number of ether oxygens (including phenoxy) is 1. The lowest BCUT2D eigenvalue weighted by atomic mass is 10.1. The van der Waals surface area contributed by atoms with Gasteiger partial charge in [-0.15, -0.1) is 0 Å². The van der Waals surface area contributed by atoms with Crippen molar-refractivity contribution >= 4 is 11.8 Å². The van der Waals surface area contributed by atoms with Crippen LogP contribution in [0.2, 0.25) is 0 Å². The maximum atomic E-state index is 12.4. The van der Waals surface area contributed by atoms with Crippen LogP contribution >= 0.6 is 0 Å². The highest BCUT2D eigenvalue weighted by atomic mass is 16.5. The van der Waals surface area contributed by atoms with E-state index in [0.29, 0.717) is 30.4 Å². The molecule has 1 heterocycles. The molecule has 1 aliphatic rings. The fourth-order valence-corrected chi connectivity index (χ4v) is 2.17. The second kappa shape index (κ2) is 6.38. The van der Waals surface area contributed by atoms with Crippen molar-refractivity contribution in [3.05, 3.63) is 29.8 Å². The number of benzene rings is 1. The number of carbonyl (C=O) groups excluding carboxylic acids is 2. The molecule has 2 rings (SSSR count). The maximum absolute atomic E-state index is 12.4. The van der Waals surface area contributed by atoms with Crippen LogP contribution in [0.15, 0.2) is 24.3 Å². The predicted octanol–water partition coefficient (Wildman–Crippen LogP) is -0.0154. The van der Waals surface area contributed by atoms with Crippen molar-refractivity contribution < 1.29 is 14.3 Å². The summed E-state index contributed by atoms with van der Waals surface area (Å²) in [4.78, 5) is 24.9. The number of nitrogens with two attached hydrogens (primary N) is 1.